The number of piperazine rings is 1. The summed E-state index contributed by atoms with van der Waals surface area (Å²) in [5.74, 6) is -3.08. The average Bonchev–Trinajstić information content (AvgIpc) is 3.77. The van der Waals surface area contributed by atoms with Crippen LogP contribution in [0.4, 0.5) is 24.5 Å². The van der Waals surface area contributed by atoms with Gasteiger partial charge in [-0.25, -0.2) is 18.2 Å². The molecule has 5 aliphatic heterocycles. The number of benzene rings is 2. The van der Waals surface area contributed by atoms with Gasteiger partial charge in [0.15, 0.2) is 5.82 Å². The molecule has 0 bridgehead atoms. The molecular weight excluding hydrogens is 914 g/mol. The Morgan fingerprint density at radius 3 is 2.17 bits per heavy atom. The first kappa shape index (κ1) is 48.3. The molecule has 1 atom stereocenters. The molecule has 10 rings (SSSR count). The Labute approximate surface area is 410 Å². The highest BCUT2D eigenvalue weighted by molar-refractivity contribution is 6.13. The minimum Gasteiger partial charge on any atom is -0.386 e. The second kappa shape index (κ2) is 19.3. The molecule has 8 heterocycles. The highest BCUT2D eigenvalue weighted by Crippen LogP contribution is 2.44. The average molecular weight is 975 g/mol. The number of carbonyl (C=O) groups is 4. The van der Waals surface area contributed by atoms with Crippen LogP contribution in [-0.2, 0) is 39.9 Å². The first-order chi connectivity index (χ1) is 34.1. The second-order valence-electron chi connectivity index (χ2n) is 20.6. The maximum absolute atomic E-state index is 15.9. The minimum absolute atomic E-state index is 0.0338. The van der Waals surface area contributed by atoms with Crippen LogP contribution in [0.25, 0.3) is 16.7 Å². The van der Waals surface area contributed by atoms with Gasteiger partial charge in [0.2, 0.25) is 17.7 Å². The summed E-state index contributed by atoms with van der Waals surface area (Å²) in [5, 5.41) is 5.78. The number of anilines is 2. The number of nitrogens with one attached hydrogen (secondary N) is 2. The molecule has 2 aromatic carbocycles. The zero-order valence-electron chi connectivity index (χ0n) is 40.8. The third kappa shape index (κ3) is 9.25. The first-order valence-electron chi connectivity index (χ1n) is 24.9. The predicted octanol–water partition coefficient (Wildman–Crippen LogP) is 5.66. The van der Waals surface area contributed by atoms with Crippen LogP contribution in [0.5, 0.6) is 0 Å². The number of amides is 4. The number of halogens is 3. The van der Waals surface area contributed by atoms with Gasteiger partial charge in [0, 0.05) is 120 Å². The summed E-state index contributed by atoms with van der Waals surface area (Å²) in [6.45, 7) is 11.8. The summed E-state index contributed by atoms with van der Waals surface area (Å²) < 4.78 is 49.6. The molecule has 4 amide bonds. The quantitative estimate of drug-likeness (QED) is 0.159. The molecule has 3 aromatic heterocycles. The number of carbonyl (C=O) groups excluding carboxylic acids is 4. The van der Waals surface area contributed by atoms with E-state index in [9.17, 15) is 28.4 Å². The molecule has 5 aliphatic rings. The van der Waals surface area contributed by atoms with Crippen LogP contribution in [-0.4, -0.2) is 129 Å². The molecule has 71 heavy (non-hydrogen) atoms. The monoisotopic (exact) mass is 974 g/mol. The molecule has 0 saturated carbocycles. The van der Waals surface area contributed by atoms with Gasteiger partial charge in [-0.2, -0.15) is 0 Å². The largest absolute Gasteiger partial charge is 0.386 e. The Morgan fingerprint density at radius 1 is 0.789 bits per heavy atom. The molecule has 5 aromatic rings. The SMILES string of the molecule is CNc1cc(=O)n(-c2ccnc3c2cc(CN2CCC(c4c(F)cc(C(=O)N5CCC(CN6CCN(Cc7ccc8c(c7)C(C)(C)C(=O)N8[C@@H]7CCC(=O)NC7=O)CC6)CC5)cc4F)CC2)n3C)cc1F. The third-order valence-electron chi connectivity index (χ3n) is 15.8. The van der Waals surface area contributed by atoms with Crippen LogP contribution in [0.3, 0.4) is 0 Å². The van der Waals surface area contributed by atoms with Gasteiger partial charge in [-0.05, 0) is 112 Å². The van der Waals surface area contributed by atoms with Gasteiger partial charge in [0.25, 0.3) is 11.5 Å². The number of fused-ring (bicyclic) bond motifs is 2. The molecule has 0 spiro atoms. The highest BCUT2D eigenvalue weighted by Gasteiger charge is 2.49. The fraction of sp³-hybridized carbons (Fsp3) is 0.472. The summed E-state index contributed by atoms with van der Waals surface area (Å²) in [7, 11) is 3.45. The van der Waals surface area contributed by atoms with Crippen LogP contribution in [0.1, 0.15) is 91.0 Å². The molecule has 18 heteroatoms. The number of aryl methyl sites for hydroxylation is 1. The number of hydrogen-bond donors (Lipinski definition) is 2. The lowest BCUT2D eigenvalue weighted by atomic mass is 9.85. The number of imide groups is 1. The Hall–Kier alpha value is -6.37. The summed E-state index contributed by atoms with van der Waals surface area (Å²) in [6.07, 6.45) is 5.97. The van der Waals surface area contributed by atoms with Gasteiger partial charge >= 0.3 is 0 Å². The van der Waals surface area contributed by atoms with E-state index in [1.54, 1.807) is 29.1 Å². The number of likely N-dealkylation sites (tertiary alicyclic amines) is 2. The molecule has 0 radical (unpaired) electrons. The molecule has 4 saturated heterocycles. The summed E-state index contributed by atoms with van der Waals surface area (Å²) >= 11 is 0. The lowest BCUT2D eigenvalue weighted by molar-refractivity contribution is -0.136. The van der Waals surface area contributed by atoms with Crippen molar-refractivity contribution in [1.29, 1.82) is 0 Å². The van der Waals surface area contributed by atoms with Crippen LogP contribution in [0.15, 0.2) is 65.7 Å². The second-order valence-corrected chi connectivity index (χ2v) is 20.6. The molecule has 4 fully saturated rings. The smallest absolute Gasteiger partial charge is 0.257 e. The van der Waals surface area contributed by atoms with E-state index in [-0.39, 0.29) is 52.4 Å². The van der Waals surface area contributed by atoms with Gasteiger partial charge in [0.05, 0.1) is 23.0 Å². The number of hydrogen-bond acceptors (Lipinski definition) is 10. The van der Waals surface area contributed by atoms with E-state index >= 15 is 8.78 Å². The van der Waals surface area contributed by atoms with E-state index < -0.39 is 34.8 Å². The van der Waals surface area contributed by atoms with Crippen molar-refractivity contribution >= 4 is 46.0 Å². The first-order valence-corrected chi connectivity index (χ1v) is 24.9. The number of rotatable bonds is 11. The topological polar surface area (TPSA) is 148 Å². The Morgan fingerprint density at radius 2 is 1.48 bits per heavy atom. The molecule has 0 unspecified atom stereocenters. The normalized spacial score (nSPS) is 20.8. The van der Waals surface area contributed by atoms with Crippen molar-refractivity contribution in [2.45, 2.75) is 82.8 Å². The standard InChI is InChI=1S/C53H61F3N10O5/c1-53(2)38-23-33(5-6-44(38)66(52(53)71)45-7-8-46(67)59-50(45)69)29-63-21-19-62(20-22-63)28-32-10-17-64(18-11-32)51(70)35-24-39(54)48(40(55)25-35)34-12-15-61(16-13-34)30-36-26-37-43(9-14-58-49(37)60(36)4)65-31-41(56)42(57-3)27-47(65)68/h5-6,9,14,23-27,31-32,34,45,57H,7-8,10-13,15-22,28-30H2,1-4H3,(H,59,67,69)/t45-/m1/s1. The van der Waals surface area contributed by atoms with Crippen molar-refractivity contribution in [3.8, 4) is 5.69 Å². The summed E-state index contributed by atoms with van der Waals surface area (Å²) in [5.41, 5.74) is 3.84. The van der Waals surface area contributed by atoms with Crippen LogP contribution < -0.4 is 21.1 Å². The summed E-state index contributed by atoms with van der Waals surface area (Å²) in [6, 6.07) is 12.6. The molecule has 374 valence electrons. The number of pyridine rings is 2. The van der Waals surface area contributed by atoms with E-state index in [0.717, 1.165) is 74.6 Å². The Balaban J connectivity index is 0.689. The summed E-state index contributed by atoms with van der Waals surface area (Å²) in [4.78, 5) is 79.7. The van der Waals surface area contributed by atoms with Crippen molar-refractivity contribution in [1.82, 2.24) is 39.0 Å². The van der Waals surface area contributed by atoms with Crippen molar-refractivity contribution < 1.29 is 32.3 Å². The van der Waals surface area contributed by atoms with E-state index in [1.807, 2.05) is 43.7 Å². The van der Waals surface area contributed by atoms with Crippen molar-refractivity contribution in [2.24, 2.45) is 13.0 Å². The van der Waals surface area contributed by atoms with Gasteiger partial charge in [-0.1, -0.05) is 12.1 Å². The van der Waals surface area contributed by atoms with E-state index in [0.29, 0.717) is 74.6 Å². The van der Waals surface area contributed by atoms with Crippen LogP contribution in [0, 0.1) is 23.4 Å². The van der Waals surface area contributed by atoms with Crippen molar-refractivity contribution in [2.75, 3.05) is 76.2 Å². The zero-order chi connectivity index (χ0) is 49.9. The zero-order valence-corrected chi connectivity index (χ0v) is 40.8. The number of aromatic nitrogens is 3. The van der Waals surface area contributed by atoms with E-state index in [2.05, 4.69) is 36.4 Å². The predicted molar refractivity (Wildman–Crippen MR) is 263 cm³/mol. The Bertz CT molecular complexity index is 2960. The fourth-order valence-electron chi connectivity index (χ4n) is 11.6. The van der Waals surface area contributed by atoms with Gasteiger partial charge in [-0.15, -0.1) is 0 Å². The maximum Gasteiger partial charge on any atom is 0.257 e. The lowest BCUT2D eigenvalue weighted by Crippen LogP contribution is -2.55. The maximum atomic E-state index is 15.9. The molecular formula is C53H61F3N10O5. The molecule has 0 aliphatic carbocycles. The fourth-order valence-corrected chi connectivity index (χ4v) is 11.6. The van der Waals surface area contributed by atoms with E-state index in [1.165, 1.54) is 29.0 Å². The minimum atomic E-state index is -0.796. The van der Waals surface area contributed by atoms with Crippen molar-refractivity contribution in [3.05, 3.63) is 117 Å². The van der Waals surface area contributed by atoms with Gasteiger partial charge in [0.1, 0.15) is 23.3 Å². The lowest BCUT2D eigenvalue weighted by Gasteiger charge is -2.39. The highest BCUT2D eigenvalue weighted by atomic mass is 19.1. The molecule has 2 N–H and O–H groups in total. The number of piperidine rings is 3. The van der Waals surface area contributed by atoms with Gasteiger partial charge in [-0.3, -0.25) is 48.6 Å². The Kier molecular flexibility index (Phi) is 13.1. The van der Waals surface area contributed by atoms with E-state index in [4.69, 9.17) is 0 Å². The third-order valence-corrected chi connectivity index (χ3v) is 15.8. The van der Waals surface area contributed by atoms with Crippen LogP contribution in [0.2, 0.25) is 0 Å². The van der Waals surface area contributed by atoms with Gasteiger partial charge < -0.3 is 19.7 Å². The van der Waals surface area contributed by atoms with Crippen molar-refractivity contribution in [3.63, 3.8) is 0 Å². The number of nitrogens with zero attached hydrogens (tertiary/aromatic N) is 8. The molecule has 15 nitrogen and oxygen atoms in total. The van der Waals surface area contributed by atoms with Crippen LogP contribution >= 0.6 is 0 Å².